The third-order valence-corrected chi connectivity index (χ3v) is 1.52. The molecule has 2 rings (SSSR count). The summed E-state index contributed by atoms with van der Waals surface area (Å²) in [6.07, 6.45) is 1.64. The average Bonchev–Trinajstić information content (AvgIpc) is 3.02. The average molecular weight is 376 g/mol. The predicted octanol–water partition coefficient (Wildman–Crippen LogP) is -7.33. The predicted molar refractivity (Wildman–Crippen MR) is 74.2 cm³/mol. The Balaban J connectivity index is -0.0000000960. The third kappa shape index (κ3) is 28.5. The molecule has 0 radical (unpaired) electrons. The second kappa shape index (κ2) is 31.2. The molecule has 0 fully saturated rings. The minimum absolute atomic E-state index is 0. The topological polar surface area (TPSA) is 165 Å². The summed E-state index contributed by atoms with van der Waals surface area (Å²) in [5.74, 6) is 0.656. The molecule has 25 heavy (non-hydrogen) atoms. The van der Waals surface area contributed by atoms with E-state index in [1.807, 2.05) is 30.3 Å². The number of hydrogen-bond donors (Lipinski definition) is 4. The van der Waals surface area contributed by atoms with Crippen LogP contribution in [0, 0.1) is 0 Å². The van der Waals surface area contributed by atoms with E-state index in [-0.39, 0.29) is 88.7 Å². The van der Waals surface area contributed by atoms with Gasteiger partial charge >= 0.3 is 88.7 Å². The first-order valence-electron chi connectivity index (χ1n) is 5.19. The van der Waals surface area contributed by atoms with E-state index < -0.39 is 0 Å². The van der Waals surface area contributed by atoms with Gasteiger partial charge in [0.15, 0.2) is 5.82 Å². The molecule has 0 aliphatic rings. The minimum atomic E-state index is 0. The van der Waals surface area contributed by atoms with Crippen molar-refractivity contribution in [2.45, 2.75) is 0 Å². The Labute approximate surface area is 210 Å². The number of aromatic amines is 1. The molecule has 0 aliphatic heterocycles. The number of aromatic nitrogens is 2. The van der Waals surface area contributed by atoms with Gasteiger partial charge in [-0.3, -0.25) is 5.10 Å². The van der Waals surface area contributed by atoms with E-state index in [0.29, 0.717) is 25.2 Å². The first kappa shape index (κ1) is 35.5. The molecular weight excluding hydrogens is 365 g/mol. The summed E-state index contributed by atoms with van der Waals surface area (Å²) in [5.41, 5.74) is 0.831. The Kier molecular flexibility index (Phi) is 44.4. The molecule has 0 saturated carbocycles. The maximum atomic E-state index is 8.24. The van der Waals surface area contributed by atoms with Crippen molar-refractivity contribution in [3.63, 3.8) is 0 Å². The molecule has 1 aromatic carbocycles. The fourth-order valence-corrected chi connectivity index (χ4v) is 0.910. The fourth-order valence-electron chi connectivity index (χ4n) is 0.910. The van der Waals surface area contributed by atoms with E-state index in [4.69, 9.17) is 29.7 Å². The van der Waals surface area contributed by atoms with Crippen LogP contribution in [0.3, 0.4) is 0 Å². The summed E-state index contributed by atoms with van der Waals surface area (Å²) in [7, 11) is 0. The Morgan fingerprint density at radius 2 is 1.24 bits per heavy atom. The van der Waals surface area contributed by atoms with Crippen LogP contribution in [0.5, 0.6) is 0 Å². The van der Waals surface area contributed by atoms with Gasteiger partial charge in [0.1, 0.15) is 0 Å². The zero-order valence-electron chi connectivity index (χ0n) is 13.9. The molecule has 2 aromatic rings. The fraction of sp³-hybridized carbons (Fsp3) is 0. The first-order valence-corrected chi connectivity index (χ1v) is 5.19. The van der Waals surface area contributed by atoms with Crippen LogP contribution in [0.25, 0.3) is 0 Å². The van der Waals surface area contributed by atoms with Crippen molar-refractivity contribution in [3.05, 3.63) is 42.6 Å². The number of benzene rings is 1. The van der Waals surface area contributed by atoms with Gasteiger partial charge in [-0.2, -0.15) is 5.10 Å². The number of aliphatic hydroxyl groups excluding tert-OH is 3. The van der Waals surface area contributed by atoms with Crippen LogP contribution in [-0.4, -0.2) is 44.9 Å². The van der Waals surface area contributed by atoms with Crippen molar-refractivity contribution in [2.24, 2.45) is 10.2 Å². The van der Waals surface area contributed by atoms with Crippen LogP contribution in [-0.2, 0) is 14.4 Å². The normalized spacial score (nSPS) is 7.04. The van der Waals surface area contributed by atoms with E-state index in [9.17, 15) is 0 Å². The van der Waals surface area contributed by atoms with Gasteiger partial charge in [-0.15, -0.1) is 10.2 Å². The number of hydrogen-bond acceptors (Lipinski definition) is 6. The quantitative estimate of drug-likeness (QED) is 0.230. The molecule has 0 spiro atoms. The maximum Gasteiger partial charge on any atom is 1.00 e. The monoisotopic (exact) mass is 376 g/mol. The van der Waals surface area contributed by atoms with Gasteiger partial charge in [-0.1, -0.05) is 37.6 Å². The Bertz CT molecular complexity index is 515. The molecule has 118 valence electrons. The third-order valence-electron chi connectivity index (χ3n) is 1.52. The summed E-state index contributed by atoms with van der Waals surface area (Å²) >= 11 is 0. The summed E-state index contributed by atoms with van der Waals surface area (Å²) in [6.45, 7) is 1.50. The first-order chi connectivity index (χ1) is 10.7. The van der Waals surface area contributed by atoms with Gasteiger partial charge in [-0.05, 0) is 12.1 Å². The van der Waals surface area contributed by atoms with Crippen LogP contribution in [0.1, 0.15) is 0 Å². The molecule has 0 atom stereocenters. The van der Waals surface area contributed by atoms with Crippen LogP contribution in [0.4, 0.5) is 11.5 Å². The van der Waals surface area contributed by atoms with E-state index >= 15 is 0 Å². The Morgan fingerprint density at radius 3 is 1.60 bits per heavy atom. The molecular formula is C12H11N4Na3O6. The summed E-state index contributed by atoms with van der Waals surface area (Å²) in [4.78, 5) is 24.7. The SMILES string of the molecule is O=[C-]O.O=[C-]O.O=[C-]O.[Na+].[Na+].[Na+].c1ccc(N=Nc2ccn[nH]2)cc1. The van der Waals surface area contributed by atoms with Crippen LogP contribution in [0.2, 0.25) is 0 Å². The van der Waals surface area contributed by atoms with E-state index in [1.54, 1.807) is 12.3 Å². The second-order valence-electron chi connectivity index (χ2n) is 2.75. The van der Waals surface area contributed by atoms with Gasteiger partial charge in [0.25, 0.3) is 0 Å². The second-order valence-corrected chi connectivity index (χ2v) is 2.75. The maximum absolute atomic E-state index is 8.24. The number of azo groups is 1. The van der Waals surface area contributed by atoms with Crippen molar-refractivity contribution in [1.29, 1.82) is 0 Å². The summed E-state index contributed by atoms with van der Waals surface area (Å²) in [5, 5.41) is 34.7. The van der Waals surface area contributed by atoms with E-state index in [1.165, 1.54) is 0 Å². The van der Waals surface area contributed by atoms with Crippen molar-refractivity contribution >= 4 is 30.9 Å². The van der Waals surface area contributed by atoms with E-state index in [2.05, 4.69) is 20.4 Å². The number of rotatable bonds is 2. The number of H-pyrrole nitrogens is 1. The zero-order valence-corrected chi connectivity index (χ0v) is 19.9. The van der Waals surface area contributed by atoms with Gasteiger partial charge in [0.05, 0.1) is 11.9 Å². The zero-order chi connectivity index (χ0) is 17.1. The van der Waals surface area contributed by atoms with Gasteiger partial charge in [0.2, 0.25) is 0 Å². The van der Waals surface area contributed by atoms with Gasteiger partial charge < -0.3 is 29.7 Å². The molecule has 10 nitrogen and oxygen atoms in total. The molecule has 0 unspecified atom stereocenters. The standard InChI is InChI=1S/C9H8N4.3CHO2.3Na/c1-2-4-8(5-3-1)11-13-9-6-7-10-12-9;3*2-1-3;;;/h1-7H,(H,10,12);3*(H,2,3);;;/q;3*-1;3*+1. The van der Waals surface area contributed by atoms with Crippen LogP contribution < -0.4 is 88.7 Å². The molecule has 0 bridgehead atoms. The number of nitrogens with one attached hydrogen (secondary N) is 1. The van der Waals surface area contributed by atoms with Crippen molar-refractivity contribution in [3.8, 4) is 0 Å². The Morgan fingerprint density at radius 1 is 0.800 bits per heavy atom. The molecule has 0 amide bonds. The van der Waals surface area contributed by atoms with Crippen LogP contribution in [0.15, 0.2) is 52.8 Å². The van der Waals surface area contributed by atoms with E-state index in [0.717, 1.165) is 5.69 Å². The molecule has 13 heteroatoms. The summed E-state index contributed by atoms with van der Waals surface area (Å²) in [6, 6.07) is 11.3. The minimum Gasteiger partial charge on any atom is -0.665 e. The molecule has 0 aliphatic carbocycles. The largest absolute Gasteiger partial charge is 1.00 e. The van der Waals surface area contributed by atoms with Crippen molar-refractivity contribution in [2.75, 3.05) is 0 Å². The van der Waals surface area contributed by atoms with Gasteiger partial charge in [0, 0.05) is 6.07 Å². The van der Waals surface area contributed by atoms with Gasteiger partial charge in [-0.25, -0.2) is 0 Å². The summed E-state index contributed by atoms with van der Waals surface area (Å²) < 4.78 is 0. The molecule has 0 saturated heterocycles. The molecule has 4 N–H and O–H groups in total. The van der Waals surface area contributed by atoms with Crippen LogP contribution >= 0.6 is 0 Å². The van der Waals surface area contributed by atoms with Crippen molar-refractivity contribution < 1.29 is 118 Å². The van der Waals surface area contributed by atoms with Crippen molar-refractivity contribution in [1.82, 2.24) is 10.2 Å². The number of nitrogens with zero attached hydrogens (tertiary/aromatic N) is 3. The molecule has 1 aromatic heterocycles. The molecule has 1 heterocycles. The smallest absolute Gasteiger partial charge is 0.665 e. The Hall–Kier alpha value is -0.560.